The van der Waals surface area contributed by atoms with Crippen molar-refractivity contribution in [2.75, 3.05) is 0 Å². The van der Waals surface area contributed by atoms with Crippen molar-refractivity contribution in [1.29, 1.82) is 0 Å². The Hall–Kier alpha value is -1.47. The second-order valence-electron chi connectivity index (χ2n) is 3.64. The minimum Gasteiger partial charge on any atom is -0.489 e. The topological polar surface area (TPSA) is 9.23 Å². The number of para-hydroxylation sites is 1. The van der Waals surface area contributed by atoms with E-state index in [0.29, 0.717) is 6.61 Å². The molecule has 0 spiro atoms. The molecular weight excluding hydrogens is 220 g/mol. The number of ether oxygens (including phenoxy) is 1. The van der Waals surface area contributed by atoms with E-state index in [0.717, 1.165) is 21.9 Å². The normalized spacial score (nSPS) is 10.1. The molecule has 0 atom stereocenters. The lowest BCUT2D eigenvalue weighted by Crippen LogP contribution is -1.98. The van der Waals surface area contributed by atoms with Crippen molar-refractivity contribution in [3.05, 3.63) is 64.7 Å². The van der Waals surface area contributed by atoms with Gasteiger partial charge < -0.3 is 4.74 Å². The quantitative estimate of drug-likeness (QED) is 0.770. The van der Waals surface area contributed by atoms with E-state index >= 15 is 0 Å². The molecule has 0 fully saturated rings. The molecule has 0 aliphatic heterocycles. The predicted octanol–water partition coefficient (Wildman–Crippen LogP) is 4.23. The Morgan fingerprint density at radius 2 is 1.75 bits per heavy atom. The first-order chi connectivity index (χ1) is 7.77. The van der Waals surface area contributed by atoms with Gasteiger partial charge >= 0.3 is 0 Å². The minimum atomic E-state index is 0.509. The van der Waals surface area contributed by atoms with Crippen molar-refractivity contribution in [2.45, 2.75) is 13.5 Å². The zero-order valence-corrected chi connectivity index (χ0v) is 9.87. The maximum absolute atomic E-state index is 6.12. The summed E-state index contributed by atoms with van der Waals surface area (Å²) in [7, 11) is 0. The molecule has 0 N–H and O–H groups in total. The number of hydrogen-bond donors (Lipinski definition) is 0. The molecule has 0 bridgehead atoms. The summed E-state index contributed by atoms with van der Waals surface area (Å²) in [5.41, 5.74) is 2.21. The van der Waals surface area contributed by atoms with Crippen LogP contribution in [0.4, 0.5) is 0 Å². The highest BCUT2D eigenvalue weighted by molar-refractivity contribution is 6.31. The van der Waals surface area contributed by atoms with Gasteiger partial charge in [0.1, 0.15) is 12.4 Å². The van der Waals surface area contributed by atoms with Crippen molar-refractivity contribution >= 4 is 11.6 Å². The van der Waals surface area contributed by atoms with Gasteiger partial charge in [-0.15, -0.1) is 0 Å². The van der Waals surface area contributed by atoms with Crippen LogP contribution in [0.3, 0.4) is 0 Å². The summed E-state index contributed by atoms with van der Waals surface area (Å²) in [5.74, 6) is 0.863. The molecule has 0 saturated carbocycles. The van der Waals surface area contributed by atoms with Crippen LogP contribution in [0.5, 0.6) is 5.75 Å². The lowest BCUT2D eigenvalue weighted by molar-refractivity contribution is 0.305. The molecule has 0 radical (unpaired) electrons. The fraction of sp³-hybridized carbons (Fsp3) is 0.143. The van der Waals surface area contributed by atoms with E-state index in [1.807, 2.05) is 55.5 Å². The van der Waals surface area contributed by atoms with Crippen LogP contribution in [0, 0.1) is 6.92 Å². The second kappa shape index (κ2) is 5.04. The van der Waals surface area contributed by atoms with Crippen LogP contribution in [0.25, 0.3) is 0 Å². The van der Waals surface area contributed by atoms with E-state index in [1.165, 1.54) is 0 Å². The Kier molecular flexibility index (Phi) is 3.47. The fourth-order valence-electron chi connectivity index (χ4n) is 1.52. The predicted molar refractivity (Wildman–Crippen MR) is 67.0 cm³/mol. The molecular formula is C14H13ClO. The van der Waals surface area contributed by atoms with Crippen molar-refractivity contribution in [1.82, 2.24) is 0 Å². The number of aryl methyl sites for hydroxylation is 1. The van der Waals surface area contributed by atoms with Gasteiger partial charge in [0.25, 0.3) is 0 Å². The Morgan fingerprint density at radius 3 is 2.44 bits per heavy atom. The van der Waals surface area contributed by atoms with Gasteiger partial charge in [-0.05, 0) is 30.7 Å². The standard InChI is InChI=1S/C14H13ClO/c1-11-6-5-9-14(15)13(11)10-16-12-7-3-2-4-8-12/h2-9H,10H2,1H3. The first-order valence-corrected chi connectivity index (χ1v) is 5.57. The summed E-state index contributed by atoms with van der Waals surface area (Å²) in [6.07, 6.45) is 0. The molecule has 2 heteroatoms. The molecule has 2 aromatic rings. The minimum absolute atomic E-state index is 0.509. The van der Waals surface area contributed by atoms with Gasteiger partial charge in [-0.25, -0.2) is 0 Å². The first kappa shape index (κ1) is 11.0. The van der Waals surface area contributed by atoms with E-state index in [2.05, 4.69) is 0 Å². The molecule has 0 heterocycles. The molecule has 2 rings (SSSR count). The highest BCUT2D eigenvalue weighted by Crippen LogP contribution is 2.21. The second-order valence-corrected chi connectivity index (χ2v) is 4.04. The lowest BCUT2D eigenvalue weighted by Gasteiger charge is -2.10. The third kappa shape index (κ3) is 2.56. The van der Waals surface area contributed by atoms with Crippen molar-refractivity contribution < 1.29 is 4.74 Å². The molecule has 0 saturated heterocycles. The summed E-state index contributed by atoms with van der Waals surface area (Å²) in [6, 6.07) is 15.6. The number of halogens is 1. The monoisotopic (exact) mass is 232 g/mol. The zero-order valence-electron chi connectivity index (χ0n) is 9.11. The molecule has 0 aromatic heterocycles. The molecule has 1 nitrogen and oxygen atoms in total. The summed E-state index contributed by atoms with van der Waals surface area (Å²) in [6.45, 7) is 2.55. The summed E-state index contributed by atoms with van der Waals surface area (Å²) >= 11 is 6.12. The average Bonchev–Trinajstić information content (AvgIpc) is 2.30. The van der Waals surface area contributed by atoms with Gasteiger partial charge in [0.05, 0.1) is 0 Å². The van der Waals surface area contributed by atoms with Gasteiger partial charge in [-0.3, -0.25) is 0 Å². The molecule has 0 unspecified atom stereocenters. The van der Waals surface area contributed by atoms with Crippen LogP contribution < -0.4 is 4.74 Å². The van der Waals surface area contributed by atoms with Crippen LogP contribution in [0.15, 0.2) is 48.5 Å². The van der Waals surface area contributed by atoms with Gasteiger partial charge in [-0.2, -0.15) is 0 Å². The summed E-state index contributed by atoms with van der Waals surface area (Å²) in [4.78, 5) is 0. The van der Waals surface area contributed by atoms with Crippen molar-refractivity contribution in [3.8, 4) is 5.75 Å². The van der Waals surface area contributed by atoms with Gasteiger partial charge in [-0.1, -0.05) is 41.9 Å². The average molecular weight is 233 g/mol. The smallest absolute Gasteiger partial charge is 0.119 e. The van der Waals surface area contributed by atoms with Crippen LogP contribution in [0.2, 0.25) is 5.02 Å². The van der Waals surface area contributed by atoms with Crippen molar-refractivity contribution in [2.24, 2.45) is 0 Å². The molecule has 2 aromatic carbocycles. The number of benzene rings is 2. The van der Waals surface area contributed by atoms with Crippen LogP contribution in [-0.2, 0) is 6.61 Å². The third-order valence-corrected chi connectivity index (χ3v) is 2.83. The Balaban J connectivity index is 2.11. The fourth-order valence-corrected chi connectivity index (χ4v) is 1.80. The van der Waals surface area contributed by atoms with E-state index < -0.39 is 0 Å². The zero-order chi connectivity index (χ0) is 11.4. The van der Waals surface area contributed by atoms with Crippen molar-refractivity contribution in [3.63, 3.8) is 0 Å². The molecule has 0 aliphatic carbocycles. The van der Waals surface area contributed by atoms with Crippen LogP contribution in [0.1, 0.15) is 11.1 Å². The highest BCUT2D eigenvalue weighted by Gasteiger charge is 2.04. The maximum atomic E-state index is 6.12. The lowest BCUT2D eigenvalue weighted by atomic mass is 10.1. The van der Waals surface area contributed by atoms with E-state index in [9.17, 15) is 0 Å². The van der Waals surface area contributed by atoms with Crippen LogP contribution in [-0.4, -0.2) is 0 Å². The maximum Gasteiger partial charge on any atom is 0.119 e. The highest BCUT2D eigenvalue weighted by atomic mass is 35.5. The molecule has 0 aliphatic rings. The summed E-state index contributed by atoms with van der Waals surface area (Å²) in [5, 5.41) is 0.760. The molecule has 82 valence electrons. The SMILES string of the molecule is Cc1cccc(Cl)c1COc1ccccc1. The van der Waals surface area contributed by atoms with E-state index in [-0.39, 0.29) is 0 Å². The molecule has 16 heavy (non-hydrogen) atoms. The molecule has 0 amide bonds. The van der Waals surface area contributed by atoms with Gasteiger partial charge in [0, 0.05) is 10.6 Å². The Morgan fingerprint density at radius 1 is 1.00 bits per heavy atom. The largest absolute Gasteiger partial charge is 0.489 e. The number of hydrogen-bond acceptors (Lipinski definition) is 1. The Labute approximate surface area is 101 Å². The third-order valence-electron chi connectivity index (χ3n) is 2.48. The Bertz CT molecular complexity index is 445. The van der Waals surface area contributed by atoms with Gasteiger partial charge in [0.15, 0.2) is 0 Å². The van der Waals surface area contributed by atoms with E-state index in [1.54, 1.807) is 0 Å². The number of rotatable bonds is 3. The summed E-state index contributed by atoms with van der Waals surface area (Å²) < 4.78 is 5.67. The first-order valence-electron chi connectivity index (χ1n) is 5.19. The van der Waals surface area contributed by atoms with Gasteiger partial charge in [0.2, 0.25) is 0 Å². The van der Waals surface area contributed by atoms with E-state index in [4.69, 9.17) is 16.3 Å². The van der Waals surface area contributed by atoms with Crippen LogP contribution >= 0.6 is 11.6 Å².